The number of rotatable bonds is 3. The summed E-state index contributed by atoms with van der Waals surface area (Å²) in [5, 5.41) is 13.5. The second-order valence-electron chi connectivity index (χ2n) is 4.31. The zero-order valence-electron chi connectivity index (χ0n) is 10.0. The van der Waals surface area contributed by atoms with Crippen molar-refractivity contribution < 1.29 is 0 Å². The van der Waals surface area contributed by atoms with Gasteiger partial charge in [0.15, 0.2) is 0 Å². The van der Waals surface area contributed by atoms with Crippen molar-refractivity contribution in [1.29, 1.82) is 5.26 Å². The van der Waals surface area contributed by atoms with Crippen molar-refractivity contribution in [2.24, 2.45) is 0 Å². The second kappa shape index (κ2) is 4.94. The van der Waals surface area contributed by atoms with Gasteiger partial charge in [-0.2, -0.15) is 5.26 Å². The van der Waals surface area contributed by atoms with E-state index in [2.05, 4.69) is 16.4 Å². The Morgan fingerprint density at radius 2 is 2.00 bits per heavy atom. The van der Waals surface area contributed by atoms with E-state index in [1.807, 2.05) is 44.2 Å². The molecule has 1 aromatic heterocycles. The van der Waals surface area contributed by atoms with Gasteiger partial charge in [-0.05, 0) is 19.9 Å². The van der Waals surface area contributed by atoms with Crippen LogP contribution in [0.5, 0.6) is 0 Å². The van der Waals surface area contributed by atoms with Crippen LogP contribution in [0.15, 0.2) is 36.5 Å². The van der Waals surface area contributed by atoms with E-state index < -0.39 is 0 Å². The third-order valence-electron chi connectivity index (χ3n) is 2.60. The first kappa shape index (κ1) is 11.6. The molecule has 0 aliphatic heterocycles. The average Bonchev–Trinajstić information content (AvgIpc) is 2.35. The number of hydrogen-bond donors (Lipinski definition) is 1. The predicted molar refractivity (Wildman–Crippen MR) is 68.4 cm³/mol. The Labute approximate surface area is 101 Å². The fraction of sp³-hybridized carbons (Fsp3) is 0.286. The molecule has 3 nitrogen and oxygen atoms in total. The van der Waals surface area contributed by atoms with Crippen LogP contribution in [0.4, 0.5) is 0 Å². The Hall–Kier alpha value is -1.92. The molecule has 2 rings (SSSR count). The van der Waals surface area contributed by atoms with E-state index in [0.717, 1.165) is 16.5 Å². The normalized spacial score (nSPS) is 12.6. The molecule has 3 heteroatoms. The maximum Gasteiger partial charge on any atom is 0.123 e. The number of aromatic nitrogens is 1. The third kappa shape index (κ3) is 2.43. The van der Waals surface area contributed by atoms with E-state index in [1.165, 1.54) is 0 Å². The fourth-order valence-corrected chi connectivity index (χ4v) is 1.89. The van der Waals surface area contributed by atoms with Crippen molar-refractivity contribution in [3.8, 4) is 6.07 Å². The van der Waals surface area contributed by atoms with Gasteiger partial charge in [0.1, 0.15) is 6.04 Å². The van der Waals surface area contributed by atoms with Gasteiger partial charge >= 0.3 is 0 Å². The monoisotopic (exact) mass is 225 g/mol. The highest BCUT2D eigenvalue weighted by molar-refractivity contribution is 5.82. The van der Waals surface area contributed by atoms with E-state index in [0.29, 0.717) is 0 Å². The van der Waals surface area contributed by atoms with E-state index in [1.54, 1.807) is 6.20 Å². The average molecular weight is 225 g/mol. The lowest BCUT2D eigenvalue weighted by Crippen LogP contribution is -2.27. The van der Waals surface area contributed by atoms with Crippen LogP contribution in [0.3, 0.4) is 0 Å². The molecule has 1 unspecified atom stereocenters. The number of nitrogens with zero attached hydrogens (tertiary/aromatic N) is 2. The van der Waals surface area contributed by atoms with Crippen LogP contribution in [0.1, 0.15) is 25.5 Å². The molecule has 0 radical (unpaired) electrons. The van der Waals surface area contributed by atoms with Crippen molar-refractivity contribution in [3.63, 3.8) is 0 Å². The number of nitriles is 1. The highest BCUT2D eigenvalue weighted by atomic mass is 14.9. The molecule has 0 spiro atoms. The Balaban J connectivity index is 2.50. The Morgan fingerprint density at radius 1 is 1.24 bits per heavy atom. The molecule has 1 N–H and O–H groups in total. The Bertz CT molecular complexity index is 549. The largest absolute Gasteiger partial charge is 0.296 e. The van der Waals surface area contributed by atoms with E-state index >= 15 is 0 Å². The van der Waals surface area contributed by atoms with Crippen molar-refractivity contribution in [2.45, 2.75) is 25.9 Å². The maximum absolute atomic E-state index is 9.25. The van der Waals surface area contributed by atoms with Crippen molar-refractivity contribution in [1.82, 2.24) is 10.3 Å². The van der Waals surface area contributed by atoms with Gasteiger partial charge in [0.2, 0.25) is 0 Å². The summed E-state index contributed by atoms with van der Waals surface area (Å²) in [5.41, 5.74) is 1.84. The fourth-order valence-electron chi connectivity index (χ4n) is 1.89. The van der Waals surface area contributed by atoms with Gasteiger partial charge in [-0.25, -0.2) is 0 Å². The number of pyridine rings is 1. The second-order valence-corrected chi connectivity index (χ2v) is 4.31. The zero-order valence-corrected chi connectivity index (χ0v) is 10.0. The summed E-state index contributed by atoms with van der Waals surface area (Å²) in [4.78, 5) is 4.37. The van der Waals surface area contributed by atoms with Crippen LogP contribution in [-0.2, 0) is 0 Å². The molecule has 1 aromatic carbocycles. The summed E-state index contributed by atoms with van der Waals surface area (Å²) in [5.74, 6) is 0. The Kier molecular flexibility index (Phi) is 3.36. The molecule has 0 bridgehead atoms. The number of fused-ring (bicyclic) bond motifs is 1. The van der Waals surface area contributed by atoms with Crippen molar-refractivity contribution in [2.75, 3.05) is 0 Å². The molecule has 2 aromatic rings. The van der Waals surface area contributed by atoms with Gasteiger partial charge in [0, 0.05) is 23.2 Å². The van der Waals surface area contributed by atoms with E-state index in [-0.39, 0.29) is 12.1 Å². The van der Waals surface area contributed by atoms with Crippen LogP contribution in [0.2, 0.25) is 0 Å². The van der Waals surface area contributed by atoms with Crippen LogP contribution in [0, 0.1) is 11.3 Å². The minimum absolute atomic E-state index is 0.263. The lowest BCUT2D eigenvalue weighted by Gasteiger charge is -2.16. The minimum Gasteiger partial charge on any atom is -0.296 e. The highest BCUT2D eigenvalue weighted by Crippen LogP contribution is 2.22. The number of hydrogen-bond acceptors (Lipinski definition) is 3. The molecule has 17 heavy (non-hydrogen) atoms. The summed E-state index contributed by atoms with van der Waals surface area (Å²) in [6.07, 6.45) is 1.76. The van der Waals surface area contributed by atoms with Gasteiger partial charge in [0.05, 0.1) is 11.6 Å². The quantitative estimate of drug-likeness (QED) is 0.873. The van der Waals surface area contributed by atoms with Gasteiger partial charge < -0.3 is 0 Å². The number of benzene rings is 1. The van der Waals surface area contributed by atoms with Gasteiger partial charge in [-0.1, -0.05) is 24.3 Å². The molecule has 1 heterocycles. The lowest BCUT2D eigenvalue weighted by molar-refractivity contribution is 0.548. The predicted octanol–water partition coefficient (Wildman–Crippen LogP) is 2.80. The first-order chi connectivity index (χ1) is 8.22. The molecule has 0 aliphatic rings. The molecular formula is C14H15N3. The summed E-state index contributed by atoms with van der Waals surface area (Å²) in [7, 11) is 0. The number of nitrogens with one attached hydrogen (secondary N) is 1. The third-order valence-corrected chi connectivity index (χ3v) is 2.60. The van der Waals surface area contributed by atoms with E-state index in [9.17, 15) is 5.26 Å². The maximum atomic E-state index is 9.25. The lowest BCUT2D eigenvalue weighted by atomic mass is 10.0. The van der Waals surface area contributed by atoms with E-state index in [4.69, 9.17) is 0 Å². The van der Waals surface area contributed by atoms with Gasteiger partial charge in [0.25, 0.3) is 0 Å². The smallest absolute Gasteiger partial charge is 0.123 e. The molecular weight excluding hydrogens is 210 g/mol. The minimum atomic E-state index is -0.311. The molecule has 0 amide bonds. The molecule has 0 saturated carbocycles. The SMILES string of the molecule is CC(C)NC(C#N)c1cccc2cccnc12. The van der Waals surface area contributed by atoms with Crippen LogP contribution < -0.4 is 5.32 Å². The van der Waals surface area contributed by atoms with Crippen molar-refractivity contribution >= 4 is 10.9 Å². The summed E-state index contributed by atoms with van der Waals surface area (Å²) < 4.78 is 0. The summed E-state index contributed by atoms with van der Waals surface area (Å²) in [6, 6.07) is 12.1. The van der Waals surface area contributed by atoms with Crippen LogP contribution in [-0.4, -0.2) is 11.0 Å². The van der Waals surface area contributed by atoms with Crippen molar-refractivity contribution in [3.05, 3.63) is 42.1 Å². The standard InChI is InChI=1S/C14H15N3/c1-10(2)17-13(9-15)12-7-3-5-11-6-4-8-16-14(11)12/h3-8,10,13,17H,1-2H3. The summed E-state index contributed by atoms with van der Waals surface area (Å²) >= 11 is 0. The van der Waals surface area contributed by atoms with Crippen LogP contribution in [0.25, 0.3) is 10.9 Å². The molecule has 0 saturated heterocycles. The topological polar surface area (TPSA) is 48.7 Å². The first-order valence-electron chi connectivity index (χ1n) is 5.71. The van der Waals surface area contributed by atoms with Crippen LogP contribution >= 0.6 is 0 Å². The summed E-state index contributed by atoms with van der Waals surface area (Å²) in [6.45, 7) is 4.06. The molecule has 1 atom stereocenters. The molecule has 0 fully saturated rings. The van der Waals surface area contributed by atoms with Gasteiger partial charge in [-0.3, -0.25) is 10.3 Å². The molecule has 86 valence electrons. The Morgan fingerprint density at radius 3 is 2.71 bits per heavy atom. The van der Waals surface area contributed by atoms with Gasteiger partial charge in [-0.15, -0.1) is 0 Å². The highest BCUT2D eigenvalue weighted by Gasteiger charge is 2.14. The number of para-hydroxylation sites is 1. The zero-order chi connectivity index (χ0) is 12.3. The molecule has 0 aliphatic carbocycles. The first-order valence-corrected chi connectivity index (χ1v) is 5.71.